The molecule has 1 aromatic rings. The Balaban J connectivity index is 3.04. The zero-order valence-electron chi connectivity index (χ0n) is 4.93. The predicted octanol–water partition coefficient (Wildman–Crippen LogP) is 2.08. The van der Waals surface area contributed by atoms with Gasteiger partial charge in [0.05, 0.1) is 6.20 Å². The third kappa shape index (κ3) is 1.35. The van der Waals surface area contributed by atoms with E-state index in [9.17, 15) is 0 Å². The third-order valence-electron chi connectivity index (χ3n) is 1.08. The van der Waals surface area contributed by atoms with Crippen LogP contribution in [0.3, 0.4) is 0 Å². The number of aryl methyl sites for hydroxylation is 1. The third-order valence-corrected chi connectivity index (χ3v) is 2.71. The molecule has 1 heterocycles. The van der Waals surface area contributed by atoms with Crippen molar-refractivity contribution in [2.45, 2.75) is 5.33 Å². The summed E-state index contributed by atoms with van der Waals surface area (Å²) in [5.74, 6) is 0. The number of aromatic nitrogens is 2. The molecule has 2 nitrogen and oxygen atoms in total. The van der Waals surface area contributed by atoms with Crippen molar-refractivity contribution in [3.05, 3.63) is 16.4 Å². The summed E-state index contributed by atoms with van der Waals surface area (Å²) >= 11 is 6.72. The first-order valence-corrected chi connectivity index (χ1v) is 4.39. The zero-order chi connectivity index (χ0) is 6.85. The van der Waals surface area contributed by atoms with Gasteiger partial charge in [0.25, 0.3) is 0 Å². The van der Waals surface area contributed by atoms with Crippen molar-refractivity contribution < 1.29 is 0 Å². The molecule has 0 spiro atoms. The van der Waals surface area contributed by atoms with Crippen LogP contribution in [0.25, 0.3) is 0 Å². The highest BCUT2D eigenvalue weighted by atomic mass is 79.9. The molecule has 0 radical (unpaired) electrons. The summed E-state index contributed by atoms with van der Waals surface area (Å²) in [7, 11) is 1.90. The Morgan fingerprint density at radius 1 is 1.78 bits per heavy atom. The molecule has 0 saturated heterocycles. The lowest BCUT2D eigenvalue weighted by molar-refractivity contribution is 0.749. The van der Waals surface area contributed by atoms with Gasteiger partial charge in [-0.2, -0.15) is 5.10 Å². The van der Waals surface area contributed by atoms with Gasteiger partial charge in [-0.1, -0.05) is 15.9 Å². The van der Waals surface area contributed by atoms with E-state index in [0.29, 0.717) is 0 Å². The molecule has 0 aliphatic rings. The van der Waals surface area contributed by atoms with E-state index in [1.165, 1.54) is 5.56 Å². The van der Waals surface area contributed by atoms with Gasteiger partial charge in [-0.05, 0) is 15.9 Å². The fraction of sp³-hybridized carbons (Fsp3) is 0.400. The van der Waals surface area contributed by atoms with E-state index in [4.69, 9.17) is 0 Å². The molecule has 0 saturated carbocycles. The molecule has 0 amide bonds. The average Bonchev–Trinajstić information content (AvgIpc) is 2.15. The maximum atomic E-state index is 4.03. The van der Waals surface area contributed by atoms with Crippen molar-refractivity contribution in [1.82, 2.24) is 9.78 Å². The molecule has 0 atom stereocenters. The van der Waals surface area contributed by atoms with Crippen LogP contribution < -0.4 is 0 Å². The lowest BCUT2D eigenvalue weighted by atomic mass is 10.4. The van der Waals surface area contributed by atoms with E-state index in [1.807, 2.05) is 13.2 Å². The number of hydrogen-bond acceptors (Lipinski definition) is 1. The molecule has 0 bridgehead atoms. The highest BCUT2D eigenvalue weighted by Crippen LogP contribution is 2.16. The van der Waals surface area contributed by atoms with Gasteiger partial charge in [0.15, 0.2) is 0 Å². The van der Waals surface area contributed by atoms with Crippen molar-refractivity contribution >= 4 is 31.9 Å². The smallest absolute Gasteiger partial charge is 0.107 e. The maximum Gasteiger partial charge on any atom is 0.107 e. The van der Waals surface area contributed by atoms with Gasteiger partial charge in [-0.15, -0.1) is 0 Å². The molecule has 1 rings (SSSR count). The Bertz CT molecular complexity index is 207. The van der Waals surface area contributed by atoms with Crippen LogP contribution >= 0.6 is 31.9 Å². The molecule has 1 aromatic heterocycles. The summed E-state index contributed by atoms with van der Waals surface area (Å²) in [4.78, 5) is 0. The van der Waals surface area contributed by atoms with Crippen LogP contribution in [0.1, 0.15) is 5.56 Å². The van der Waals surface area contributed by atoms with Gasteiger partial charge >= 0.3 is 0 Å². The van der Waals surface area contributed by atoms with Crippen molar-refractivity contribution in [2.24, 2.45) is 7.05 Å². The Morgan fingerprint density at radius 2 is 2.44 bits per heavy atom. The van der Waals surface area contributed by atoms with Gasteiger partial charge in [0, 0.05) is 17.9 Å². The van der Waals surface area contributed by atoms with Crippen molar-refractivity contribution in [1.29, 1.82) is 0 Å². The van der Waals surface area contributed by atoms with E-state index < -0.39 is 0 Å². The zero-order valence-corrected chi connectivity index (χ0v) is 8.11. The summed E-state index contributed by atoms with van der Waals surface area (Å²) < 4.78 is 2.83. The fourth-order valence-electron chi connectivity index (χ4n) is 0.558. The van der Waals surface area contributed by atoms with E-state index in [2.05, 4.69) is 37.0 Å². The quantitative estimate of drug-likeness (QED) is 0.701. The maximum absolute atomic E-state index is 4.03. The first kappa shape index (κ1) is 7.28. The summed E-state index contributed by atoms with van der Waals surface area (Å²) in [5, 5.41) is 4.88. The summed E-state index contributed by atoms with van der Waals surface area (Å²) in [6.45, 7) is 0. The molecular formula is C5H6Br2N2. The highest BCUT2D eigenvalue weighted by Gasteiger charge is 2.01. The topological polar surface area (TPSA) is 17.8 Å². The van der Waals surface area contributed by atoms with Crippen LogP contribution in [-0.2, 0) is 12.4 Å². The largest absolute Gasteiger partial charge is 0.261 e. The first-order valence-electron chi connectivity index (χ1n) is 2.48. The standard InChI is InChI=1S/C5H6Br2N2/c1-9-5(7)4(2-6)3-8-9/h3H,2H2,1H3. The second-order valence-corrected chi connectivity index (χ2v) is 3.03. The number of halogens is 2. The highest BCUT2D eigenvalue weighted by molar-refractivity contribution is 9.10. The number of rotatable bonds is 1. The molecule has 0 aliphatic carbocycles. The van der Waals surface area contributed by atoms with Gasteiger partial charge < -0.3 is 0 Å². The lowest BCUT2D eigenvalue weighted by Gasteiger charge is -1.90. The Labute approximate surface area is 70.5 Å². The first-order chi connectivity index (χ1) is 4.25. The average molecular weight is 254 g/mol. The summed E-state index contributed by atoms with van der Waals surface area (Å²) in [6, 6.07) is 0. The Hall–Kier alpha value is 0.170. The fourth-order valence-corrected chi connectivity index (χ4v) is 1.68. The summed E-state index contributed by atoms with van der Waals surface area (Å²) in [5.41, 5.74) is 1.18. The Morgan fingerprint density at radius 3 is 2.67 bits per heavy atom. The van der Waals surface area contributed by atoms with E-state index in [-0.39, 0.29) is 0 Å². The minimum Gasteiger partial charge on any atom is -0.261 e. The normalized spacial score (nSPS) is 10.1. The molecule has 4 heteroatoms. The van der Waals surface area contributed by atoms with Crippen LogP contribution in [0.15, 0.2) is 10.8 Å². The van der Waals surface area contributed by atoms with E-state index in [1.54, 1.807) is 4.68 Å². The van der Waals surface area contributed by atoms with Crippen LogP contribution in [-0.4, -0.2) is 9.78 Å². The van der Waals surface area contributed by atoms with Crippen LogP contribution in [0.5, 0.6) is 0 Å². The van der Waals surface area contributed by atoms with Crippen molar-refractivity contribution in [2.75, 3.05) is 0 Å². The van der Waals surface area contributed by atoms with Gasteiger partial charge in [-0.3, -0.25) is 4.68 Å². The summed E-state index contributed by atoms with van der Waals surface area (Å²) in [6.07, 6.45) is 1.83. The molecule has 0 aromatic carbocycles. The van der Waals surface area contributed by atoms with E-state index >= 15 is 0 Å². The SMILES string of the molecule is Cn1ncc(CBr)c1Br. The molecule has 0 aliphatic heterocycles. The molecular weight excluding hydrogens is 248 g/mol. The van der Waals surface area contributed by atoms with Gasteiger partial charge in [-0.25, -0.2) is 0 Å². The van der Waals surface area contributed by atoms with Gasteiger partial charge in [0.2, 0.25) is 0 Å². The second kappa shape index (κ2) is 2.84. The molecule has 9 heavy (non-hydrogen) atoms. The number of nitrogens with zero attached hydrogens (tertiary/aromatic N) is 2. The minimum absolute atomic E-state index is 0.849. The monoisotopic (exact) mass is 252 g/mol. The van der Waals surface area contributed by atoms with Crippen LogP contribution in [0.4, 0.5) is 0 Å². The predicted molar refractivity (Wildman–Crippen MR) is 43.5 cm³/mol. The van der Waals surface area contributed by atoms with Gasteiger partial charge in [0.1, 0.15) is 4.60 Å². The molecule has 50 valence electrons. The second-order valence-electron chi connectivity index (χ2n) is 1.72. The van der Waals surface area contributed by atoms with Crippen LogP contribution in [0.2, 0.25) is 0 Å². The minimum atomic E-state index is 0.849. The van der Waals surface area contributed by atoms with Crippen molar-refractivity contribution in [3.8, 4) is 0 Å². The number of alkyl halides is 1. The Kier molecular flexibility index (Phi) is 2.29. The molecule has 0 N–H and O–H groups in total. The molecule has 0 unspecified atom stereocenters. The van der Waals surface area contributed by atoms with Crippen LogP contribution in [0, 0.1) is 0 Å². The lowest BCUT2D eigenvalue weighted by Crippen LogP contribution is -1.88. The molecule has 0 fully saturated rings. The van der Waals surface area contributed by atoms with E-state index in [0.717, 1.165) is 9.93 Å². The van der Waals surface area contributed by atoms with Crippen molar-refractivity contribution in [3.63, 3.8) is 0 Å². The number of hydrogen-bond donors (Lipinski definition) is 0.